The number of rotatable bonds is 3. The molecule has 1 aromatic carbocycles. The van der Waals surface area contributed by atoms with Crippen molar-refractivity contribution in [3.63, 3.8) is 0 Å². The molecule has 0 spiro atoms. The largest absolute Gasteiger partial charge is 0.339 e. The topological polar surface area (TPSA) is 86.1 Å². The number of anilines is 1. The van der Waals surface area contributed by atoms with E-state index in [0.717, 1.165) is 38.8 Å². The summed E-state index contributed by atoms with van der Waals surface area (Å²) in [6, 6.07) is 11.8. The van der Waals surface area contributed by atoms with E-state index in [2.05, 4.69) is 10.3 Å². The molecular weight excluding hydrogens is 328 g/mol. The molecule has 132 valence electrons. The molecule has 26 heavy (non-hydrogen) atoms. The van der Waals surface area contributed by atoms with Crippen LogP contribution in [0.4, 0.5) is 5.69 Å². The van der Waals surface area contributed by atoms with E-state index in [0.29, 0.717) is 16.8 Å². The lowest BCUT2D eigenvalue weighted by atomic mass is 10.1. The summed E-state index contributed by atoms with van der Waals surface area (Å²) in [6.07, 6.45) is 5.82. The number of nitrogens with one attached hydrogen (secondary N) is 1. The first-order chi connectivity index (χ1) is 12.7. The van der Waals surface area contributed by atoms with Gasteiger partial charge in [0.15, 0.2) is 0 Å². The van der Waals surface area contributed by atoms with Crippen molar-refractivity contribution in [1.29, 1.82) is 5.26 Å². The highest BCUT2D eigenvalue weighted by Crippen LogP contribution is 2.15. The van der Waals surface area contributed by atoms with Crippen LogP contribution in [0.25, 0.3) is 0 Å². The van der Waals surface area contributed by atoms with Crippen molar-refractivity contribution in [2.24, 2.45) is 0 Å². The molecule has 0 radical (unpaired) electrons. The Hall–Kier alpha value is -3.20. The third-order valence-electron chi connectivity index (χ3n) is 4.40. The average molecular weight is 348 g/mol. The molecule has 6 nitrogen and oxygen atoms in total. The van der Waals surface area contributed by atoms with Crippen LogP contribution in [0.1, 0.15) is 52.1 Å². The van der Waals surface area contributed by atoms with E-state index >= 15 is 0 Å². The first-order valence-electron chi connectivity index (χ1n) is 8.74. The van der Waals surface area contributed by atoms with Crippen LogP contribution < -0.4 is 5.32 Å². The van der Waals surface area contributed by atoms with Gasteiger partial charge in [-0.25, -0.2) is 0 Å². The Bertz CT molecular complexity index is 832. The maximum absolute atomic E-state index is 12.7. The van der Waals surface area contributed by atoms with Crippen molar-refractivity contribution in [3.05, 3.63) is 59.4 Å². The Labute approximate surface area is 152 Å². The monoisotopic (exact) mass is 348 g/mol. The maximum Gasteiger partial charge on any atom is 0.274 e. The molecule has 1 aliphatic heterocycles. The molecule has 3 rings (SSSR count). The summed E-state index contributed by atoms with van der Waals surface area (Å²) in [4.78, 5) is 31.0. The lowest BCUT2D eigenvalue weighted by molar-refractivity contribution is 0.0761. The van der Waals surface area contributed by atoms with Crippen LogP contribution in [0.3, 0.4) is 0 Å². The van der Waals surface area contributed by atoms with E-state index < -0.39 is 0 Å². The molecule has 0 bridgehead atoms. The molecule has 1 fully saturated rings. The predicted molar refractivity (Wildman–Crippen MR) is 97.7 cm³/mol. The zero-order chi connectivity index (χ0) is 18.4. The van der Waals surface area contributed by atoms with Gasteiger partial charge in [0.1, 0.15) is 5.69 Å². The second-order valence-corrected chi connectivity index (χ2v) is 6.28. The van der Waals surface area contributed by atoms with Crippen molar-refractivity contribution in [2.75, 3.05) is 18.4 Å². The smallest absolute Gasteiger partial charge is 0.274 e. The summed E-state index contributed by atoms with van der Waals surface area (Å²) in [5.41, 5.74) is 1.76. The number of likely N-dealkylation sites (tertiary alicyclic amines) is 1. The Morgan fingerprint density at radius 3 is 2.38 bits per heavy atom. The van der Waals surface area contributed by atoms with Gasteiger partial charge in [-0.2, -0.15) is 5.26 Å². The van der Waals surface area contributed by atoms with Gasteiger partial charge in [0, 0.05) is 30.5 Å². The third kappa shape index (κ3) is 4.25. The van der Waals surface area contributed by atoms with Crippen LogP contribution in [-0.2, 0) is 0 Å². The molecular formula is C20H20N4O2. The Morgan fingerprint density at radius 2 is 1.73 bits per heavy atom. The summed E-state index contributed by atoms with van der Waals surface area (Å²) in [7, 11) is 0. The van der Waals surface area contributed by atoms with Crippen LogP contribution in [0, 0.1) is 11.3 Å². The molecule has 0 atom stereocenters. The zero-order valence-corrected chi connectivity index (χ0v) is 14.4. The van der Waals surface area contributed by atoms with Gasteiger partial charge in [0.05, 0.1) is 11.6 Å². The van der Waals surface area contributed by atoms with Crippen molar-refractivity contribution in [2.45, 2.75) is 25.7 Å². The van der Waals surface area contributed by atoms with E-state index in [4.69, 9.17) is 5.26 Å². The van der Waals surface area contributed by atoms with Gasteiger partial charge in [-0.1, -0.05) is 12.8 Å². The van der Waals surface area contributed by atoms with E-state index in [1.54, 1.807) is 30.3 Å². The lowest BCUT2D eigenvalue weighted by Gasteiger charge is -2.20. The molecule has 6 heteroatoms. The molecule has 2 heterocycles. The van der Waals surface area contributed by atoms with Gasteiger partial charge in [0.25, 0.3) is 11.8 Å². The van der Waals surface area contributed by atoms with Crippen LogP contribution in [-0.4, -0.2) is 34.8 Å². The van der Waals surface area contributed by atoms with E-state index in [1.807, 2.05) is 11.0 Å². The molecule has 1 aliphatic rings. The highest BCUT2D eigenvalue weighted by atomic mass is 16.2. The molecule has 1 saturated heterocycles. The van der Waals surface area contributed by atoms with Gasteiger partial charge in [-0.3, -0.25) is 14.6 Å². The maximum atomic E-state index is 12.7. The Balaban J connectivity index is 1.72. The Kier molecular flexibility index (Phi) is 5.59. The first kappa shape index (κ1) is 17.6. The van der Waals surface area contributed by atoms with E-state index in [-0.39, 0.29) is 17.5 Å². The summed E-state index contributed by atoms with van der Waals surface area (Å²) in [6.45, 7) is 1.52. The second kappa shape index (κ2) is 8.26. The average Bonchev–Trinajstić information content (AvgIpc) is 2.97. The third-order valence-corrected chi connectivity index (χ3v) is 4.40. The van der Waals surface area contributed by atoms with Gasteiger partial charge >= 0.3 is 0 Å². The summed E-state index contributed by atoms with van der Waals surface area (Å²) in [5, 5.41) is 11.5. The number of nitrogens with zero attached hydrogens (tertiary/aromatic N) is 3. The highest BCUT2D eigenvalue weighted by Gasteiger charge is 2.19. The Morgan fingerprint density at radius 1 is 1.04 bits per heavy atom. The number of hydrogen-bond donors (Lipinski definition) is 1. The van der Waals surface area contributed by atoms with E-state index in [9.17, 15) is 9.59 Å². The molecule has 1 aromatic heterocycles. The number of carbonyl (C=O) groups is 2. The fourth-order valence-corrected chi connectivity index (χ4v) is 2.97. The van der Waals surface area contributed by atoms with Crippen LogP contribution in [0.15, 0.2) is 42.6 Å². The molecule has 0 aliphatic carbocycles. The minimum Gasteiger partial charge on any atom is -0.339 e. The van der Waals surface area contributed by atoms with Crippen LogP contribution >= 0.6 is 0 Å². The minimum atomic E-state index is -0.389. The number of pyridine rings is 1. The number of aromatic nitrogens is 1. The van der Waals surface area contributed by atoms with Crippen molar-refractivity contribution in [1.82, 2.24) is 9.88 Å². The lowest BCUT2D eigenvalue weighted by Crippen LogP contribution is -2.32. The number of benzene rings is 1. The summed E-state index contributed by atoms with van der Waals surface area (Å²) >= 11 is 0. The standard InChI is InChI=1S/C20H20N4O2/c21-14-15-5-7-17(8-6-15)23-19(25)18-13-16(9-10-22-18)20(26)24-11-3-1-2-4-12-24/h5-10,13H,1-4,11-12H2,(H,23,25). The van der Waals surface area contributed by atoms with Gasteiger partial charge < -0.3 is 10.2 Å². The predicted octanol–water partition coefficient (Wildman–Crippen LogP) is 3.22. The number of hydrogen-bond acceptors (Lipinski definition) is 4. The van der Waals surface area contributed by atoms with E-state index in [1.165, 1.54) is 12.3 Å². The fraction of sp³-hybridized carbons (Fsp3) is 0.300. The van der Waals surface area contributed by atoms with Crippen LogP contribution in [0.5, 0.6) is 0 Å². The molecule has 2 aromatic rings. The van der Waals surface area contributed by atoms with Gasteiger partial charge in [-0.05, 0) is 49.2 Å². The number of nitriles is 1. The van der Waals surface area contributed by atoms with Gasteiger partial charge in [0.2, 0.25) is 0 Å². The normalized spacial score (nSPS) is 14.2. The second-order valence-electron chi connectivity index (χ2n) is 6.28. The molecule has 1 N–H and O–H groups in total. The first-order valence-corrected chi connectivity index (χ1v) is 8.74. The zero-order valence-electron chi connectivity index (χ0n) is 14.4. The SMILES string of the molecule is N#Cc1ccc(NC(=O)c2cc(C(=O)N3CCCCCC3)ccn2)cc1. The minimum absolute atomic E-state index is 0.0540. The van der Waals surface area contributed by atoms with Crippen molar-refractivity contribution >= 4 is 17.5 Å². The van der Waals surface area contributed by atoms with Crippen LogP contribution in [0.2, 0.25) is 0 Å². The van der Waals surface area contributed by atoms with Crippen molar-refractivity contribution in [3.8, 4) is 6.07 Å². The fourth-order valence-electron chi connectivity index (χ4n) is 2.97. The molecule has 2 amide bonds. The highest BCUT2D eigenvalue weighted by molar-refractivity contribution is 6.04. The summed E-state index contributed by atoms with van der Waals surface area (Å²) < 4.78 is 0. The summed E-state index contributed by atoms with van der Waals surface area (Å²) in [5.74, 6) is -0.443. The molecule has 0 unspecified atom stereocenters. The molecule has 0 saturated carbocycles. The number of amides is 2. The van der Waals surface area contributed by atoms with Gasteiger partial charge in [-0.15, -0.1) is 0 Å². The quantitative estimate of drug-likeness (QED) is 0.923. The number of carbonyl (C=O) groups excluding carboxylic acids is 2. The van der Waals surface area contributed by atoms with Crippen molar-refractivity contribution < 1.29 is 9.59 Å².